The number of aliphatic hydroxyl groups is 2. The van der Waals surface area contributed by atoms with Gasteiger partial charge in [-0.1, -0.05) is 19.0 Å². The number of aliphatic hydroxyl groups excluding tert-OH is 2. The molecular formula is C18H28AlClF2LiNO4. The van der Waals surface area contributed by atoms with E-state index in [4.69, 9.17) is 31.9 Å². The van der Waals surface area contributed by atoms with Gasteiger partial charge in [0.1, 0.15) is 23.1 Å². The van der Waals surface area contributed by atoms with Crippen molar-refractivity contribution < 1.29 is 48.8 Å². The number of nitrogens with two attached hydrogens (primary N) is 1. The number of rotatable bonds is 5. The Hall–Kier alpha value is -0.800. The summed E-state index contributed by atoms with van der Waals surface area (Å²) in [7, 11) is 2.93. The van der Waals surface area contributed by atoms with E-state index in [1.54, 1.807) is 0 Å². The van der Waals surface area contributed by atoms with Crippen molar-refractivity contribution in [1.82, 2.24) is 0 Å². The maximum atomic E-state index is 13.1. The Bertz CT molecular complexity index is 705. The third-order valence-corrected chi connectivity index (χ3v) is 3.48. The van der Waals surface area contributed by atoms with Gasteiger partial charge in [0.2, 0.25) is 0 Å². The number of alkyl halides is 1. The summed E-state index contributed by atoms with van der Waals surface area (Å²) in [6.45, 7) is -0.00983. The van der Waals surface area contributed by atoms with Gasteiger partial charge in [0.25, 0.3) is 0 Å². The summed E-state index contributed by atoms with van der Waals surface area (Å²) in [5.74, 6) is -0.0490. The van der Waals surface area contributed by atoms with Crippen molar-refractivity contribution in [3.8, 4) is 11.5 Å². The first-order valence-corrected chi connectivity index (χ1v) is 7.64. The Morgan fingerprint density at radius 3 is 1.75 bits per heavy atom. The molecule has 28 heavy (non-hydrogen) atoms. The second-order valence-electron chi connectivity index (χ2n) is 4.86. The number of hydrogen-bond acceptors (Lipinski definition) is 5. The van der Waals surface area contributed by atoms with Gasteiger partial charge in [-0.2, -0.15) is 0 Å². The van der Waals surface area contributed by atoms with E-state index in [-0.39, 0.29) is 62.7 Å². The van der Waals surface area contributed by atoms with Gasteiger partial charge in [0, 0.05) is 17.7 Å². The van der Waals surface area contributed by atoms with Gasteiger partial charge in [-0.25, -0.2) is 8.78 Å². The monoisotopic (exact) mass is 429 g/mol. The van der Waals surface area contributed by atoms with E-state index < -0.39 is 23.3 Å². The first kappa shape index (κ1) is 31.9. The topological polar surface area (TPSA) is 84.9 Å². The number of benzene rings is 2. The molecule has 0 amide bonds. The molecule has 2 rings (SSSR count). The van der Waals surface area contributed by atoms with E-state index >= 15 is 0 Å². The van der Waals surface area contributed by atoms with Gasteiger partial charge in [0.15, 0.2) is 22.9 Å². The molecule has 0 aliphatic heterocycles. The predicted octanol–water partition coefficient (Wildman–Crippen LogP) is -0.541. The quantitative estimate of drug-likeness (QED) is 0.439. The fourth-order valence-corrected chi connectivity index (χ4v) is 2.03. The summed E-state index contributed by atoms with van der Waals surface area (Å²) >= 11 is 5.30. The van der Waals surface area contributed by atoms with Gasteiger partial charge in [-0.3, -0.25) is 0 Å². The van der Waals surface area contributed by atoms with Gasteiger partial charge in [-0.15, -0.1) is 0 Å². The second-order valence-corrected chi connectivity index (χ2v) is 5.28. The van der Waals surface area contributed by atoms with E-state index in [0.717, 1.165) is 0 Å². The normalized spacial score (nSPS) is 11.3. The molecule has 0 saturated heterocycles. The van der Waals surface area contributed by atoms with Crippen LogP contribution in [0.15, 0.2) is 36.4 Å². The molecule has 10 heteroatoms. The molecule has 2 aromatic carbocycles. The third-order valence-electron chi connectivity index (χ3n) is 3.25. The molecule has 0 spiro atoms. The second kappa shape index (κ2) is 16.0. The Labute approximate surface area is 193 Å². The Morgan fingerprint density at radius 2 is 1.39 bits per heavy atom. The minimum atomic E-state index is -1.33. The zero-order chi connectivity index (χ0) is 19.0. The van der Waals surface area contributed by atoms with Crippen molar-refractivity contribution in [3.63, 3.8) is 0 Å². The van der Waals surface area contributed by atoms with Crippen LogP contribution in [0.2, 0.25) is 0 Å². The van der Waals surface area contributed by atoms with Crippen LogP contribution >= 0.6 is 11.6 Å². The van der Waals surface area contributed by atoms with Gasteiger partial charge < -0.3 is 26.8 Å². The summed E-state index contributed by atoms with van der Waals surface area (Å²) in [6, 6.07) is 8.17. The van der Waals surface area contributed by atoms with Crippen LogP contribution < -0.4 is 34.1 Å². The largest absolute Gasteiger partial charge is 1.00 e. The molecule has 0 bridgehead atoms. The first-order chi connectivity index (χ1) is 11.8. The molecule has 0 aliphatic carbocycles. The van der Waals surface area contributed by atoms with Crippen LogP contribution in [0.1, 0.15) is 31.6 Å². The van der Waals surface area contributed by atoms with Crippen LogP contribution in [-0.4, -0.2) is 48.3 Å². The van der Waals surface area contributed by atoms with E-state index in [1.165, 1.54) is 50.6 Å². The molecule has 0 aliphatic rings. The zero-order valence-electron chi connectivity index (χ0n) is 15.7. The Morgan fingerprint density at radius 1 is 1.00 bits per heavy atom. The van der Waals surface area contributed by atoms with Crippen LogP contribution in [-0.2, 0) is 0 Å². The standard InChI is InChI=1S/C9H12FNO2.C8H8ClFO2.CH4.Al.Li.4H/c1-13-6-2-3-8(10)7(4-6)9(12)5-11;1-12-5-2-3-7(10)6(4-5)8(9)11;;;;;;;/h2-4,9,12H,5,11H2,1H3;2-4,8,11H,1H3;1H4;;;;;;/q;;;;+1;;;;-1/t9-;8-;;;;;;;/m01......./s1. The van der Waals surface area contributed by atoms with Gasteiger partial charge >= 0.3 is 18.9 Å². The van der Waals surface area contributed by atoms with Crippen molar-refractivity contribution in [2.75, 3.05) is 20.8 Å². The summed E-state index contributed by atoms with van der Waals surface area (Å²) in [5.41, 5.74) is 4.07. The van der Waals surface area contributed by atoms with Crippen LogP contribution in [0.3, 0.4) is 0 Å². The number of methoxy groups -OCH3 is 2. The van der Waals surface area contributed by atoms with E-state index in [9.17, 15) is 13.9 Å². The molecule has 0 fully saturated rings. The van der Waals surface area contributed by atoms with Crippen molar-refractivity contribution >= 4 is 29.0 Å². The smallest absolute Gasteiger partial charge is 1.00 e. The minimum absolute atomic E-state index is 0. The van der Waals surface area contributed by atoms with E-state index in [2.05, 4.69) is 0 Å². The molecule has 0 radical (unpaired) electrons. The van der Waals surface area contributed by atoms with Crippen molar-refractivity contribution in [1.29, 1.82) is 0 Å². The van der Waals surface area contributed by atoms with Crippen LogP contribution in [0.5, 0.6) is 11.5 Å². The summed E-state index contributed by atoms with van der Waals surface area (Å²) in [5, 5.41) is 18.2. The average molecular weight is 430 g/mol. The summed E-state index contributed by atoms with van der Waals surface area (Å²) < 4.78 is 35.6. The number of hydrogen-bond donors (Lipinski definition) is 3. The maximum Gasteiger partial charge on any atom is 1.00 e. The minimum Gasteiger partial charge on any atom is -1.00 e. The molecule has 0 unspecified atom stereocenters. The molecule has 0 heterocycles. The van der Waals surface area contributed by atoms with Crippen molar-refractivity contribution in [2.45, 2.75) is 19.1 Å². The molecule has 0 aromatic heterocycles. The summed E-state index contributed by atoms with van der Waals surface area (Å²) in [4.78, 5) is 0. The van der Waals surface area contributed by atoms with E-state index in [0.29, 0.717) is 11.5 Å². The molecule has 5 nitrogen and oxygen atoms in total. The molecule has 154 valence electrons. The SMILES string of the molecule is C.COc1ccc(F)c([C@@H](O)CN)c1.COc1ccc(F)c([C@@H](O)Cl)c1.[AlH3].[H-].[Li+]. The van der Waals surface area contributed by atoms with Crippen LogP contribution in [0, 0.1) is 11.6 Å². The van der Waals surface area contributed by atoms with Crippen LogP contribution in [0.25, 0.3) is 0 Å². The fraction of sp³-hybridized carbons (Fsp3) is 0.333. The molecule has 4 N–H and O–H groups in total. The molecule has 2 atom stereocenters. The average Bonchev–Trinajstić information content (AvgIpc) is 2.62. The molecule has 2 aromatic rings. The Kier molecular flexibility index (Phi) is 18.3. The van der Waals surface area contributed by atoms with Gasteiger partial charge in [-0.05, 0) is 36.4 Å². The summed E-state index contributed by atoms with van der Waals surface area (Å²) in [6.07, 6.45) is -0.977. The fourth-order valence-electron chi connectivity index (χ4n) is 1.86. The Balaban J connectivity index is -0.000000190. The third kappa shape index (κ3) is 9.60. The van der Waals surface area contributed by atoms with Gasteiger partial charge in [0.05, 0.1) is 20.3 Å². The van der Waals surface area contributed by atoms with Crippen molar-refractivity contribution in [3.05, 3.63) is 59.2 Å². The van der Waals surface area contributed by atoms with Crippen molar-refractivity contribution in [2.24, 2.45) is 5.73 Å². The zero-order valence-corrected chi connectivity index (χ0v) is 15.5. The predicted molar refractivity (Wildman–Crippen MR) is 109 cm³/mol. The van der Waals surface area contributed by atoms with E-state index in [1.807, 2.05) is 0 Å². The van der Waals surface area contributed by atoms with Crippen LogP contribution in [0.4, 0.5) is 8.78 Å². The molecular weight excluding hydrogens is 402 g/mol. The maximum absolute atomic E-state index is 13.1. The molecule has 0 saturated carbocycles. The number of ether oxygens (including phenoxy) is 2. The first-order valence-electron chi connectivity index (χ1n) is 7.21. The number of halogens is 3.